The van der Waals surface area contributed by atoms with Gasteiger partial charge in [0, 0.05) is 18.2 Å². The Labute approximate surface area is 102 Å². The van der Waals surface area contributed by atoms with Crippen molar-refractivity contribution in [1.82, 2.24) is 4.90 Å². The molecule has 0 fully saturated rings. The zero-order valence-electron chi connectivity index (χ0n) is 10.3. The maximum absolute atomic E-state index is 5.14. The van der Waals surface area contributed by atoms with E-state index in [0.717, 1.165) is 13.0 Å². The molecule has 3 rings (SSSR count). The van der Waals surface area contributed by atoms with Crippen molar-refractivity contribution in [3.8, 4) is 11.1 Å². The summed E-state index contributed by atoms with van der Waals surface area (Å²) >= 11 is 0. The van der Waals surface area contributed by atoms with Gasteiger partial charge in [-0.05, 0) is 43.1 Å². The van der Waals surface area contributed by atoms with E-state index in [4.69, 9.17) is 4.42 Å². The van der Waals surface area contributed by atoms with E-state index in [0.29, 0.717) is 6.04 Å². The van der Waals surface area contributed by atoms with E-state index in [1.165, 1.54) is 22.3 Å². The van der Waals surface area contributed by atoms with E-state index in [-0.39, 0.29) is 0 Å². The fourth-order valence-corrected chi connectivity index (χ4v) is 2.57. The molecule has 0 saturated carbocycles. The molecule has 0 aliphatic carbocycles. The molecule has 1 unspecified atom stereocenters. The molecule has 88 valence electrons. The molecule has 1 aliphatic heterocycles. The summed E-state index contributed by atoms with van der Waals surface area (Å²) in [7, 11) is 2.19. The average Bonchev–Trinajstić information content (AvgIpc) is 2.87. The van der Waals surface area contributed by atoms with Gasteiger partial charge >= 0.3 is 0 Å². The van der Waals surface area contributed by atoms with Gasteiger partial charge in [-0.25, -0.2) is 0 Å². The van der Waals surface area contributed by atoms with Crippen LogP contribution in [0.2, 0.25) is 0 Å². The molecule has 17 heavy (non-hydrogen) atoms. The summed E-state index contributed by atoms with van der Waals surface area (Å²) in [5, 5.41) is 0. The van der Waals surface area contributed by atoms with Gasteiger partial charge in [0.1, 0.15) is 0 Å². The van der Waals surface area contributed by atoms with Crippen LogP contribution in [0.4, 0.5) is 0 Å². The van der Waals surface area contributed by atoms with Crippen LogP contribution in [0, 0.1) is 0 Å². The molecule has 0 N–H and O–H groups in total. The Balaban J connectivity index is 2.03. The summed E-state index contributed by atoms with van der Waals surface area (Å²) in [4.78, 5) is 2.40. The quantitative estimate of drug-likeness (QED) is 0.741. The Morgan fingerprint density at radius 3 is 2.88 bits per heavy atom. The van der Waals surface area contributed by atoms with Crippen molar-refractivity contribution in [3.63, 3.8) is 0 Å². The topological polar surface area (TPSA) is 16.4 Å². The smallest absolute Gasteiger partial charge is 0.0980 e. The molecule has 0 bridgehead atoms. The van der Waals surface area contributed by atoms with Crippen LogP contribution in [0.1, 0.15) is 24.1 Å². The fraction of sp³-hybridized carbons (Fsp3) is 0.333. The lowest BCUT2D eigenvalue weighted by atomic mass is 9.91. The minimum atomic E-state index is 0.525. The number of likely N-dealkylation sites (N-methyl/N-ethyl adjacent to an activating group) is 1. The molecule has 0 saturated heterocycles. The highest BCUT2D eigenvalue weighted by atomic mass is 16.3. The van der Waals surface area contributed by atoms with Gasteiger partial charge in [0.2, 0.25) is 0 Å². The average molecular weight is 227 g/mol. The maximum Gasteiger partial charge on any atom is 0.0980 e. The zero-order valence-corrected chi connectivity index (χ0v) is 10.3. The Hall–Kier alpha value is -1.54. The maximum atomic E-state index is 5.14. The number of benzene rings is 1. The standard InChI is InChI=1S/C15H17NO/c1-11-15-4-3-12(14-6-8-17-10-14)9-13(15)5-7-16(11)2/h3-4,6,8-11H,5,7H2,1-2H3. The zero-order chi connectivity index (χ0) is 11.8. The van der Waals surface area contributed by atoms with Gasteiger partial charge in [0.15, 0.2) is 0 Å². The van der Waals surface area contributed by atoms with Crippen LogP contribution in [0.5, 0.6) is 0 Å². The number of fused-ring (bicyclic) bond motifs is 1. The highest BCUT2D eigenvalue weighted by molar-refractivity contribution is 5.64. The predicted molar refractivity (Wildman–Crippen MR) is 68.9 cm³/mol. The summed E-state index contributed by atoms with van der Waals surface area (Å²) in [6.07, 6.45) is 4.67. The van der Waals surface area contributed by atoms with Gasteiger partial charge in [0.25, 0.3) is 0 Å². The molecule has 1 aliphatic rings. The first kappa shape index (κ1) is 10.6. The molecule has 0 spiro atoms. The summed E-state index contributed by atoms with van der Waals surface area (Å²) < 4.78 is 5.14. The van der Waals surface area contributed by atoms with Crippen LogP contribution >= 0.6 is 0 Å². The molecule has 2 heterocycles. The fourth-order valence-electron chi connectivity index (χ4n) is 2.57. The Kier molecular flexibility index (Phi) is 2.52. The Bertz CT molecular complexity index is 516. The summed E-state index contributed by atoms with van der Waals surface area (Å²) in [5.74, 6) is 0. The van der Waals surface area contributed by atoms with Gasteiger partial charge in [-0.3, -0.25) is 4.90 Å². The van der Waals surface area contributed by atoms with Gasteiger partial charge in [-0.15, -0.1) is 0 Å². The number of nitrogens with zero attached hydrogens (tertiary/aromatic N) is 1. The summed E-state index contributed by atoms with van der Waals surface area (Å²) in [5.41, 5.74) is 5.37. The SMILES string of the molecule is CC1c2ccc(-c3ccoc3)cc2CCN1C. The van der Waals surface area contributed by atoms with E-state index in [1.807, 2.05) is 6.07 Å². The van der Waals surface area contributed by atoms with Crippen LogP contribution < -0.4 is 0 Å². The Morgan fingerprint density at radius 2 is 2.12 bits per heavy atom. The second-order valence-corrected chi connectivity index (χ2v) is 4.83. The molecule has 1 aromatic carbocycles. The first-order valence-electron chi connectivity index (χ1n) is 6.11. The summed E-state index contributed by atoms with van der Waals surface area (Å²) in [6, 6.07) is 9.30. The lowest BCUT2D eigenvalue weighted by Crippen LogP contribution is -2.30. The van der Waals surface area contributed by atoms with Crippen LogP contribution in [0.15, 0.2) is 41.2 Å². The minimum absolute atomic E-state index is 0.525. The Morgan fingerprint density at radius 1 is 1.24 bits per heavy atom. The number of furan rings is 1. The molecule has 2 heteroatoms. The highest BCUT2D eigenvalue weighted by Crippen LogP contribution is 2.31. The molecular weight excluding hydrogens is 210 g/mol. The highest BCUT2D eigenvalue weighted by Gasteiger charge is 2.20. The van der Waals surface area contributed by atoms with Crippen molar-refractivity contribution in [3.05, 3.63) is 47.9 Å². The third-order valence-corrected chi connectivity index (χ3v) is 3.84. The molecular formula is C15H17NO. The lowest BCUT2D eigenvalue weighted by molar-refractivity contribution is 0.247. The molecule has 0 radical (unpaired) electrons. The van der Waals surface area contributed by atoms with Crippen molar-refractivity contribution in [2.45, 2.75) is 19.4 Å². The third-order valence-electron chi connectivity index (χ3n) is 3.84. The largest absolute Gasteiger partial charge is 0.472 e. The van der Waals surface area contributed by atoms with Crippen molar-refractivity contribution in [2.24, 2.45) is 0 Å². The van der Waals surface area contributed by atoms with Crippen molar-refractivity contribution >= 4 is 0 Å². The molecule has 0 amide bonds. The van der Waals surface area contributed by atoms with Gasteiger partial charge in [-0.2, -0.15) is 0 Å². The van der Waals surface area contributed by atoms with Crippen LogP contribution in [0.3, 0.4) is 0 Å². The normalized spacial score (nSPS) is 20.2. The summed E-state index contributed by atoms with van der Waals surface area (Å²) in [6.45, 7) is 3.42. The van der Waals surface area contributed by atoms with E-state index in [2.05, 4.69) is 37.1 Å². The number of rotatable bonds is 1. The molecule has 2 aromatic rings. The van der Waals surface area contributed by atoms with Gasteiger partial charge in [-0.1, -0.05) is 18.2 Å². The van der Waals surface area contributed by atoms with Crippen molar-refractivity contribution in [1.29, 1.82) is 0 Å². The lowest BCUT2D eigenvalue weighted by Gasteiger charge is -2.32. The first-order valence-corrected chi connectivity index (χ1v) is 6.11. The predicted octanol–water partition coefficient (Wildman–Crippen LogP) is 3.50. The van der Waals surface area contributed by atoms with E-state index < -0.39 is 0 Å². The van der Waals surface area contributed by atoms with Crippen LogP contribution in [-0.2, 0) is 6.42 Å². The second kappa shape index (κ2) is 4.04. The first-order chi connectivity index (χ1) is 8.25. The second-order valence-electron chi connectivity index (χ2n) is 4.83. The van der Waals surface area contributed by atoms with E-state index >= 15 is 0 Å². The number of hydrogen-bond donors (Lipinski definition) is 0. The minimum Gasteiger partial charge on any atom is -0.472 e. The molecule has 1 aromatic heterocycles. The van der Waals surface area contributed by atoms with Gasteiger partial charge < -0.3 is 4.42 Å². The van der Waals surface area contributed by atoms with Crippen LogP contribution in [0.25, 0.3) is 11.1 Å². The van der Waals surface area contributed by atoms with Crippen LogP contribution in [-0.4, -0.2) is 18.5 Å². The van der Waals surface area contributed by atoms with Gasteiger partial charge in [0.05, 0.1) is 12.5 Å². The van der Waals surface area contributed by atoms with E-state index in [1.54, 1.807) is 12.5 Å². The number of hydrogen-bond acceptors (Lipinski definition) is 2. The van der Waals surface area contributed by atoms with Crippen molar-refractivity contribution in [2.75, 3.05) is 13.6 Å². The molecule has 2 nitrogen and oxygen atoms in total. The monoisotopic (exact) mass is 227 g/mol. The van der Waals surface area contributed by atoms with Crippen molar-refractivity contribution < 1.29 is 4.42 Å². The third kappa shape index (κ3) is 1.79. The molecule has 1 atom stereocenters. The van der Waals surface area contributed by atoms with E-state index in [9.17, 15) is 0 Å².